The van der Waals surface area contributed by atoms with E-state index in [9.17, 15) is 0 Å². The van der Waals surface area contributed by atoms with Crippen molar-refractivity contribution in [2.75, 3.05) is 20.1 Å². The summed E-state index contributed by atoms with van der Waals surface area (Å²) in [6.45, 7) is 7.06. The van der Waals surface area contributed by atoms with E-state index in [1.54, 1.807) is 0 Å². The third kappa shape index (κ3) is 3.21. The average molecular weight is 224 g/mol. The van der Waals surface area contributed by atoms with Crippen molar-refractivity contribution in [2.45, 2.75) is 64.5 Å². The second-order valence-electron chi connectivity index (χ2n) is 6.39. The van der Waals surface area contributed by atoms with Gasteiger partial charge in [0, 0.05) is 25.2 Å². The highest BCUT2D eigenvalue weighted by molar-refractivity contribution is 4.93. The fraction of sp³-hybridized carbons (Fsp3) is 1.00. The van der Waals surface area contributed by atoms with Gasteiger partial charge >= 0.3 is 0 Å². The topological polar surface area (TPSA) is 15.3 Å². The fourth-order valence-corrected chi connectivity index (χ4v) is 3.11. The summed E-state index contributed by atoms with van der Waals surface area (Å²) in [6.07, 6.45) is 8.62. The van der Waals surface area contributed by atoms with Crippen molar-refractivity contribution in [1.82, 2.24) is 10.2 Å². The summed E-state index contributed by atoms with van der Waals surface area (Å²) in [5, 5.41) is 3.67. The van der Waals surface area contributed by atoms with Crippen molar-refractivity contribution in [3.05, 3.63) is 0 Å². The van der Waals surface area contributed by atoms with Crippen LogP contribution in [0.5, 0.6) is 0 Å². The quantitative estimate of drug-likeness (QED) is 0.746. The van der Waals surface area contributed by atoms with Crippen LogP contribution >= 0.6 is 0 Å². The lowest BCUT2D eigenvalue weighted by Crippen LogP contribution is -2.43. The van der Waals surface area contributed by atoms with E-state index >= 15 is 0 Å². The van der Waals surface area contributed by atoms with Gasteiger partial charge in [-0.3, -0.25) is 0 Å². The van der Waals surface area contributed by atoms with E-state index in [1.807, 2.05) is 0 Å². The molecular weight excluding hydrogens is 196 g/mol. The van der Waals surface area contributed by atoms with Crippen LogP contribution in [0.25, 0.3) is 0 Å². The first-order valence-corrected chi connectivity index (χ1v) is 7.05. The molecule has 0 atom stereocenters. The number of nitrogens with zero attached hydrogens (tertiary/aromatic N) is 1. The van der Waals surface area contributed by atoms with Crippen molar-refractivity contribution in [3.8, 4) is 0 Å². The van der Waals surface area contributed by atoms with E-state index in [2.05, 4.69) is 31.1 Å². The highest BCUT2D eigenvalue weighted by atomic mass is 15.2. The Morgan fingerprint density at radius 1 is 1.25 bits per heavy atom. The molecule has 0 radical (unpaired) electrons. The SMILES string of the molecule is CC(C)NCC1(CN(C)C2CC2)CCCC1. The van der Waals surface area contributed by atoms with Crippen LogP contribution in [-0.2, 0) is 0 Å². The van der Waals surface area contributed by atoms with E-state index in [4.69, 9.17) is 0 Å². The maximum Gasteiger partial charge on any atom is 0.00936 e. The molecular formula is C14H28N2. The van der Waals surface area contributed by atoms with Gasteiger partial charge in [0.1, 0.15) is 0 Å². The predicted molar refractivity (Wildman–Crippen MR) is 69.7 cm³/mol. The first kappa shape index (κ1) is 12.4. The molecule has 0 saturated heterocycles. The molecule has 0 amide bonds. The van der Waals surface area contributed by atoms with E-state index in [0.717, 1.165) is 6.04 Å². The van der Waals surface area contributed by atoms with Crippen LogP contribution in [0.15, 0.2) is 0 Å². The molecule has 0 aromatic rings. The van der Waals surface area contributed by atoms with Crippen LogP contribution in [0.3, 0.4) is 0 Å². The molecule has 2 saturated carbocycles. The van der Waals surface area contributed by atoms with E-state index in [0.29, 0.717) is 11.5 Å². The lowest BCUT2D eigenvalue weighted by Gasteiger charge is -2.34. The van der Waals surface area contributed by atoms with Crippen LogP contribution in [0.1, 0.15) is 52.4 Å². The van der Waals surface area contributed by atoms with Crippen LogP contribution in [0, 0.1) is 5.41 Å². The molecule has 2 rings (SSSR count). The molecule has 0 aliphatic heterocycles. The third-order valence-corrected chi connectivity index (χ3v) is 4.30. The average Bonchev–Trinajstić information content (AvgIpc) is 2.99. The molecule has 0 bridgehead atoms. The van der Waals surface area contributed by atoms with E-state index in [-0.39, 0.29) is 0 Å². The molecule has 2 fully saturated rings. The van der Waals surface area contributed by atoms with Gasteiger partial charge in [-0.1, -0.05) is 26.7 Å². The Kier molecular flexibility index (Phi) is 3.91. The zero-order valence-electron chi connectivity index (χ0n) is 11.3. The molecule has 2 aliphatic rings. The zero-order valence-corrected chi connectivity index (χ0v) is 11.3. The van der Waals surface area contributed by atoms with Gasteiger partial charge in [0.25, 0.3) is 0 Å². The van der Waals surface area contributed by atoms with Gasteiger partial charge in [-0.05, 0) is 38.1 Å². The minimum Gasteiger partial charge on any atom is -0.314 e. The fourth-order valence-electron chi connectivity index (χ4n) is 3.11. The smallest absolute Gasteiger partial charge is 0.00936 e. The van der Waals surface area contributed by atoms with Gasteiger partial charge in [-0.2, -0.15) is 0 Å². The Hall–Kier alpha value is -0.0800. The van der Waals surface area contributed by atoms with Crippen LogP contribution in [0.2, 0.25) is 0 Å². The maximum atomic E-state index is 3.67. The van der Waals surface area contributed by atoms with Crippen LogP contribution < -0.4 is 5.32 Å². The first-order valence-electron chi connectivity index (χ1n) is 7.05. The molecule has 2 aliphatic carbocycles. The molecule has 2 nitrogen and oxygen atoms in total. The minimum atomic E-state index is 0.585. The summed E-state index contributed by atoms with van der Waals surface area (Å²) in [7, 11) is 2.33. The molecule has 0 aromatic carbocycles. The third-order valence-electron chi connectivity index (χ3n) is 4.30. The Morgan fingerprint density at radius 3 is 2.38 bits per heavy atom. The molecule has 0 aromatic heterocycles. The Bertz CT molecular complexity index is 215. The Morgan fingerprint density at radius 2 is 1.88 bits per heavy atom. The van der Waals surface area contributed by atoms with Crippen molar-refractivity contribution >= 4 is 0 Å². The molecule has 0 spiro atoms. The van der Waals surface area contributed by atoms with Gasteiger partial charge in [0.15, 0.2) is 0 Å². The van der Waals surface area contributed by atoms with Gasteiger partial charge < -0.3 is 10.2 Å². The molecule has 16 heavy (non-hydrogen) atoms. The summed E-state index contributed by atoms with van der Waals surface area (Å²) < 4.78 is 0. The second kappa shape index (κ2) is 5.05. The van der Waals surface area contributed by atoms with Crippen molar-refractivity contribution in [1.29, 1.82) is 0 Å². The monoisotopic (exact) mass is 224 g/mol. The normalized spacial score (nSPS) is 24.6. The van der Waals surface area contributed by atoms with Crippen molar-refractivity contribution in [3.63, 3.8) is 0 Å². The highest BCUT2D eigenvalue weighted by Crippen LogP contribution is 2.40. The lowest BCUT2D eigenvalue weighted by molar-refractivity contribution is 0.164. The highest BCUT2D eigenvalue weighted by Gasteiger charge is 2.37. The number of nitrogens with one attached hydrogen (secondary N) is 1. The Balaban J connectivity index is 1.86. The van der Waals surface area contributed by atoms with E-state index in [1.165, 1.54) is 51.6 Å². The molecule has 0 heterocycles. The lowest BCUT2D eigenvalue weighted by atomic mass is 9.85. The predicted octanol–water partition coefficient (Wildman–Crippen LogP) is 2.64. The second-order valence-corrected chi connectivity index (χ2v) is 6.39. The van der Waals surface area contributed by atoms with Gasteiger partial charge in [-0.15, -0.1) is 0 Å². The van der Waals surface area contributed by atoms with Crippen molar-refractivity contribution in [2.24, 2.45) is 5.41 Å². The molecule has 94 valence electrons. The number of hydrogen-bond acceptors (Lipinski definition) is 2. The van der Waals surface area contributed by atoms with Gasteiger partial charge in [0.05, 0.1) is 0 Å². The minimum absolute atomic E-state index is 0.585. The van der Waals surface area contributed by atoms with Gasteiger partial charge in [0.2, 0.25) is 0 Å². The first-order chi connectivity index (χ1) is 7.61. The number of rotatable bonds is 6. The van der Waals surface area contributed by atoms with Crippen LogP contribution in [0.4, 0.5) is 0 Å². The summed E-state index contributed by atoms with van der Waals surface area (Å²) >= 11 is 0. The summed E-state index contributed by atoms with van der Waals surface area (Å²) in [5.74, 6) is 0. The van der Waals surface area contributed by atoms with E-state index < -0.39 is 0 Å². The summed E-state index contributed by atoms with van der Waals surface area (Å²) in [4.78, 5) is 2.62. The molecule has 0 unspecified atom stereocenters. The maximum absolute atomic E-state index is 3.67. The largest absolute Gasteiger partial charge is 0.314 e. The number of hydrogen-bond donors (Lipinski definition) is 1. The van der Waals surface area contributed by atoms with Gasteiger partial charge in [-0.25, -0.2) is 0 Å². The zero-order chi connectivity index (χ0) is 11.6. The summed E-state index contributed by atoms with van der Waals surface area (Å²) in [5.41, 5.74) is 0.585. The molecule has 1 N–H and O–H groups in total. The standard InChI is InChI=1S/C14H28N2/c1-12(2)15-10-14(8-4-5-9-14)11-16(3)13-6-7-13/h12-13,15H,4-11H2,1-3H3. The van der Waals surface area contributed by atoms with Crippen LogP contribution in [-0.4, -0.2) is 37.1 Å². The van der Waals surface area contributed by atoms with Crippen molar-refractivity contribution < 1.29 is 0 Å². The summed E-state index contributed by atoms with van der Waals surface area (Å²) in [6, 6.07) is 1.54. The Labute approximate surface area is 101 Å². The molecule has 2 heteroatoms.